The zero-order valence-corrected chi connectivity index (χ0v) is 8.71. The Labute approximate surface area is 95.0 Å². The first-order chi connectivity index (χ1) is 7.84. The Balaban J connectivity index is 2.13. The number of alkyl halides is 3. The highest BCUT2D eigenvalue weighted by Crippen LogP contribution is 2.50. The van der Waals surface area contributed by atoms with Gasteiger partial charge in [-0.3, -0.25) is 4.79 Å². The number of nitrogens with one attached hydrogen (secondary N) is 1. The summed E-state index contributed by atoms with van der Waals surface area (Å²) >= 11 is 0. The van der Waals surface area contributed by atoms with Crippen LogP contribution in [0.4, 0.5) is 19.0 Å². The molecule has 1 aromatic rings. The van der Waals surface area contributed by atoms with Crippen LogP contribution < -0.4 is 11.1 Å². The van der Waals surface area contributed by atoms with E-state index in [1.807, 2.05) is 0 Å². The fourth-order valence-electron chi connectivity index (χ4n) is 1.46. The van der Waals surface area contributed by atoms with Crippen LogP contribution in [0.3, 0.4) is 0 Å². The minimum Gasteiger partial charge on any atom is -0.366 e. The molecule has 1 heterocycles. The van der Waals surface area contributed by atoms with Crippen molar-refractivity contribution in [3.05, 3.63) is 23.9 Å². The molecule has 2 rings (SSSR count). The van der Waals surface area contributed by atoms with Crippen LogP contribution in [0.25, 0.3) is 0 Å². The van der Waals surface area contributed by atoms with Crippen LogP contribution in [-0.4, -0.2) is 22.6 Å². The van der Waals surface area contributed by atoms with E-state index in [1.165, 1.54) is 12.1 Å². The maximum atomic E-state index is 12.6. The average molecular weight is 245 g/mol. The van der Waals surface area contributed by atoms with Gasteiger partial charge in [0, 0.05) is 6.20 Å². The van der Waals surface area contributed by atoms with Crippen molar-refractivity contribution < 1.29 is 18.0 Å². The first-order valence-electron chi connectivity index (χ1n) is 4.95. The third-order valence-corrected chi connectivity index (χ3v) is 2.71. The lowest BCUT2D eigenvalue weighted by atomic mass is 10.2. The number of hydrogen-bond donors (Lipinski definition) is 2. The average Bonchev–Trinajstić information content (AvgIpc) is 2.98. The molecule has 1 fully saturated rings. The number of primary amides is 1. The number of anilines is 1. The second-order valence-corrected chi connectivity index (χ2v) is 4.00. The molecular weight excluding hydrogens is 235 g/mol. The molecule has 92 valence electrons. The topological polar surface area (TPSA) is 68.0 Å². The molecule has 0 atom stereocenters. The van der Waals surface area contributed by atoms with Crippen LogP contribution in [-0.2, 0) is 0 Å². The van der Waals surface area contributed by atoms with Crippen molar-refractivity contribution in [2.24, 2.45) is 5.73 Å². The van der Waals surface area contributed by atoms with Gasteiger partial charge in [0.15, 0.2) is 0 Å². The van der Waals surface area contributed by atoms with E-state index in [2.05, 4.69) is 10.3 Å². The van der Waals surface area contributed by atoms with Crippen molar-refractivity contribution >= 4 is 11.7 Å². The summed E-state index contributed by atoms with van der Waals surface area (Å²) in [5, 5.41) is 2.35. The van der Waals surface area contributed by atoms with Gasteiger partial charge in [0.25, 0.3) is 0 Å². The van der Waals surface area contributed by atoms with Crippen molar-refractivity contribution in [2.45, 2.75) is 24.6 Å². The Morgan fingerprint density at radius 3 is 2.41 bits per heavy atom. The third-order valence-electron chi connectivity index (χ3n) is 2.71. The fourth-order valence-corrected chi connectivity index (χ4v) is 1.46. The molecule has 1 saturated carbocycles. The van der Waals surface area contributed by atoms with E-state index in [4.69, 9.17) is 5.73 Å². The molecule has 1 aliphatic carbocycles. The predicted octanol–water partition coefficient (Wildman–Crippen LogP) is 1.69. The number of pyridine rings is 1. The van der Waals surface area contributed by atoms with Gasteiger partial charge >= 0.3 is 6.18 Å². The maximum Gasteiger partial charge on any atom is 0.411 e. The Morgan fingerprint density at radius 1 is 1.41 bits per heavy atom. The fraction of sp³-hybridized carbons (Fsp3) is 0.400. The molecule has 3 N–H and O–H groups in total. The highest BCUT2D eigenvalue weighted by Gasteiger charge is 2.63. The van der Waals surface area contributed by atoms with Crippen molar-refractivity contribution in [1.29, 1.82) is 0 Å². The third kappa shape index (κ3) is 2.17. The molecule has 0 aliphatic heterocycles. The molecule has 7 heteroatoms. The first kappa shape index (κ1) is 11.7. The largest absolute Gasteiger partial charge is 0.411 e. The SMILES string of the molecule is NC(=O)c1ccc(NC2(C(F)(F)F)CC2)nc1. The van der Waals surface area contributed by atoms with E-state index < -0.39 is 17.6 Å². The Hall–Kier alpha value is -1.79. The molecule has 1 aromatic heterocycles. The summed E-state index contributed by atoms with van der Waals surface area (Å²) in [5.41, 5.74) is 3.30. The van der Waals surface area contributed by atoms with Crippen molar-refractivity contribution in [1.82, 2.24) is 4.98 Å². The lowest BCUT2D eigenvalue weighted by Crippen LogP contribution is -2.38. The van der Waals surface area contributed by atoms with Gasteiger partial charge in [-0.25, -0.2) is 4.98 Å². The Bertz CT molecular complexity index is 437. The summed E-state index contributed by atoms with van der Waals surface area (Å²) in [4.78, 5) is 14.5. The number of amides is 1. The standard InChI is InChI=1S/C10H10F3N3O/c11-10(12,13)9(3-4-9)16-7-2-1-6(5-15-7)8(14)17/h1-2,5H,3-4H2,(H2,14,17)(H,15,16). The number of hydrogen-bond acceptors (Lipinski definition) is 3. The van der Waals surface area contributed by atoms with Gasteiger partial charge in [-0.05, 0) is 25.0 Å². The predicted molar refractivity (Wildman–Crippen MR) is 54.4 cm³/mol. The molecule has 0 spiro atoms. The molecule has 0 saturated heterocycles. The van der Waals surface area contributed by atoms with Crippen LogP contribution in [0.15, 0.2) is 18.3 Å². The minimum atomic E-state index is -4.29. The molecule has 0 bridgehead atoms. The number of rotatable bonds is 3. The summed E-state index contributed by atoms with van der Waals surface area (Å²) < 4.78 is 37.9. The number of nitrogens with two attached hydrogens (primary N) is 1. The quantitative estimate of drug-likeness (QED) is 0.851. The molecule has 0 radical (unpaired) electrons. The first-order valence-corrected chi connectivity index (χ1v) is 4.95. The smallest absolute Gasteiger partial charge is 0.366 e. The lowest BCUT2D eigenvalue weighted by molar-refractivity contribution is -0.151. The van der Waals surface area contributed by atoms with E-state index in [0.717, 1.165) is 6.20 Å². The summed E-state index contributed by atoms with van der Waals surface area (Å²) in [7, 11) is 0. The van der Waals surface area contributed by atoms with Gasteiger partial charge in [-0.1, -0.05) is 0 Å². The van der Waals surface area contributed by atoms with Crippen LogP contribution in [0, 0.1) is 0 Å². The van der Waals surface area contributed by atoms with Gasteiger partial charge in [-0.15, -0.1) is 0 Å². The molecule has 1 amide bonds. The van der Waals surface area contributed by atoms with Crippen molar-refractivity contribution in [3.8, 4) is 0 Å². The van der Waals surface area contributed by atoms with Crippen LogP contribution >= 0.6 is 0 Å². The number of carbonyl (C=O) groups is 1. The van der Waals surface area contributed by atoms with E-state index in [0.29, 0.717) is 0 Å². The number of halogens is 3. The highest BCUT2D eigenvalue weighted by atomic mass is 19.4. The summed E-state index contributed by atoms with van der Waals surface area (Å²) in [6, 6.07) is 2.65. The van der Waals surface area contributed by atoms with Gasteiger partial charge in [0.05, 0.1) is 5.56 Å². The number of aromatic nitrogens is 1. The molecular formula is C10H10F3N3O. The van der Waals surface area contributed by atoms with Gasteiger partial charge < -0.3 is 11.1 Å². The van der Waals surface area contributed by atoms with E-state index in [-0.39, 0.29) is 24.2 Å². The second kappa shape index (κ2) is 3.61. The summed E-state index contributed by atoms with van der Waals surface area (Å²) in [6.45, 7) is 0. The summed E-state index contributed by atoms with van der Waals surface area (Å²) in [5.74, 6) is -0.578. The monoisotopic (exact) mass is 245 g/mol. The van der Waals surface area contributed by atoms with E-state index in [1.54, 1.807) is 0 Å². The highest BCUT2D eigenvalue weighted by molar-refractivity contribution is 5.92. The summed E-state index contributed by atoms with van der Waals surface area (Å²) in [6.07, 6.45) is -3.07. The van der Waals surface area contributed by atoms with Crippen LogP contribution in [0.2, 0.25) is 0 Å². The Kier molecular flexibility index (Phi) is 2.48. The maximum absolute atomic E-state index is 12.6. The molecule has 17 heavy (non-hydrogen) atoms. The molecule has 0 unspecified atom stereocenters. The normalized spacial score (nSPS) is 17.6. The van der Waals surface area contributed by atoms with E-state index >= 15 is 0 Å². The minimum absolute atomic E-state index is 0.0375. The molecule has 4 nitrogen and oxygen atoms in total. The zero-order chi connectivity index (χ0) is 12.7. The molecule has 0 aromatic carbocycles. The van der Waals surface area contributed by atoms with Crippen LogP contribution in [0.5, 0.6) is 0 Å². The Morgan fingerprint density at radius 2 is 2.06 bits per heavy atom. The van der Waals surface area contributed by atoms with E-state index in [9.17, 15) is 18.0 Å². The second-order valence-electron chi connectivity index (χ2n) is 4.00. The molecule has 1 aliphatic rings. The number of carbonyl (C=O) groups excluding carboxylic acids is 1. The van der Waals surface area contributed by atoms with Gasteiger partial charge in [0.1, 0.15) is 11.4 Å². The zero-order valence-electron chi connectivity index (χ0n) is 8.71. The van der Waals surface area contributed by atoms with Crippen molar-refractivity contribution in [2.75, 3.05) is 5.32 Å². The van der Waals surface area contributed by atoms with Gasteiger partial charge in [0.2, 0.25) is 5.91 Å². The number of nitrogens with zero attached hydrogens (tertiary/aromatic N) is 1. The lowest BCUT2D eigenvalue weighted by Gasteiger charge is -2.21. The van der Waals surface area contributed by atoms with Gasteiger partial charge in [-0.2, -0.15) is 13.2 Å². The van der Waals surface area contributed by atoms with Crippen LogP contribution in [0.1, 0.15) is 23.2 Å². The van der Waals surface area contributed by atoms with Crippen molar-refractivity contribution in [3.63, 3.8) is 0 Å².